The Hall–Kier alpha value is -1.32. The van der Waals surface area contributed by atoms with Gasteiger partial charge in [0.2, 0.25) is 0 Å². The molecule has 2 aromatic rings. The predicted molar refractivity (Wildman–Crippen MR) is 90.5 cm³/mol. The van der Waals surface area contributed by atoms with Crippen molar-refractivity contribution in [2.75, 3.05) is 18.0 Å². The second-order valence-electron chi connectivity index (χ2n) is 5.16. The molecule has 0 fully saturated rings. The van der Waals surface area contributed by atoms with Crippen LogP contribution in [0, 0.1) is 0 Å². The van der Waals surface area contributed by atoms with Crippen molar-refractivity contribution in [3.05, 3.63) is 63.1 Å². The predicted octanol–water partition coefficient (Wildman–Crippen LogP) is 4.74. The average Bonchev–Trinajstić information content (AvgIpc) is 2.88. The third-order valence-electron chi connectivity index (χ3n) is 3.82. The van der Waals surface area contributed by atoms with Gasteiger partial charge in [-0.3, -0.25) is 4.79 Å². The zero-order chi connectivity index (χ0) is 14.8. The van der Waals surface area contributed by atoms with Gasteiger partial charge in [-0.2, -0.15) is 0 Å². The number of fused-ring (bicyclic) bond motifs is 1. The van der Waals surface area contributed by atoms with E-state index in [9.17, 15) is 4.79 Å². The zero-order valence-corrected chi connectivity index (χ0v) is 13.8. The molecule has 3 rings (SSSR count). The smallest absolute Gasteiger partial charge is 0.166 e. The van der Waals surface area contributed by atoms with Crippen LogP contribution in [0.2, 0.25) is 5.02 Å². The maximum absolute atomic E-state index is 12.3. The summed E-state index contributed by atoms with van der Waals surface area (Å²) in [7, 11) is 0. The fraction of sp³-hybridized carbons (Fsp3) is 0.235. The first-order chi connectivity index (χ1) is 10.1. The summed E-state index contributed by atoms with van der Waals surface area (Å²) < 4.78 is 0.887. The highest BCUT2D eigenvalue weighted by Crippen LogP contribution is 2.28. The van der Waals surface area contributed by atoms with Crippen LogP contribution in [0.4, 0.5) is 5.69 Å². The molecule has 0 amide bonds. The monoisotopic (exact) mass is 363 g/mol. The standard InChI is InChI=1S/C17H15BrClNO/c18-13-5-6-14(15(19)11-13)17(21)8-10-20-9-7-12-3-1-2-4-16(12)20/h1-6,11H,7-10H2. The molecule has 0 atom stereocenters. The lowest BCUT2D eigenvalue weighted by molar-refractivity contribution is 0.0985. The Morgan fingerprint density at radius 2 is 2.05 bits per heavy atom. The molecule has 1 aliphatic rings. The summed E-state index contributed by atoms with van der Waals surface area (Å²) in [6, 6.07) is 13.8. The van der Waals surface area contributed by atoms with E-state index < -0.39 is 0 Å². The highest BCUT2D eigenvalue weighted by atomic mass is 79.9. The Bertz CT molecular complexity index is 686. The summed E-state index contributed by atoms with van der Waals surface area (Å²) in [4.78, 5) is 14.6. The zero-order valence-electron chi connectivity index (χ0n) is 11.5. The summed E-state index contributed by atoms with van der Waals surface area (Å²) in [6.45, 7) is 1.73. The Morgan fingerprint density at radius 3 is 2.86 bits per heavy atom. The summed E-state index contributed by atoms with van der Waals surface area (Å²) in [5, 5.41) is 0.510. The molecule has 4 heteroatoms. The molecule has 0 aromatic heterocycles. The van der Waals surface area contributed by atoms with Crippen LogP contribution in [0.3, 0.4) is 0 Å². The van der Waals surface area contributed by atoms with Crippen molar-refractivity contribution in [2.45, 2.75) is 12.8 Å². The molecule has 1 aliphatic heterocycles. The number of halogens is 2. The Morgan fingerprint density at radius 1 is 1.24 bits per heavy atom. The first-order valence-corrected chi connectivity index (χ1v) is 8.13. The quantitative estimate of drug-likeness (QED) is 0.730. The SMILES string of the molecule is O=C(CCN1CCc2ccccc21)c1ccc(Br)cc1Cl. The van der Waals surface area contributed by atoms with Crippen LogP contribution >= 0.6 is 27.5 Å². The van der Waals surface area contributed by atoms with Gasteiger partial charge in [-0.05, 0) is 36.2 Å². The topological polar surface area (TPSA) is 20.3 Å². The molecular formula is C17H15BrClNO. The molecule has 0 spiro atoms. The second kappa shape index (κ2) is 6.20. The lowest BCUT2D eigenvalue weighted by atomic mass is 10.1. The molecule has 0 N–H and O–H groups in total. The van der Waals surface area contributed by atoms with Crippen molar-refractivity contribution >= 4 is 39.0 Å². The maximum atomic E-state index is 12.3. The molecule has 0 aliphatic carbocycles. The normalized spacial score (nSPS) is 13.3. The number of para-hydroxylation sites is 1. The van der Waals surface area contributed by atoms with Crippen LogP contribution in [-0.4, -0.2) is 18.9 Å². The minimum atomic E-state index is 0.0943. The number of nitrogens with zero attached hydrogens (tertiary/aromatic N) is 1. The summed E-state index contributed by atoms with van der Waals surface area (Å²) >= 11 is 9.49. The van der Waals surface area contributed by atoms with Crippen molar-refractivity contribution in [1.29, 1.82) is 0 Å². The highest BCUT2D eigenvalue weighted by Gasteiger charge is 2.19. The highest BCUT2D eigenvalue weighted by molar-refractivity contribution is 9.10. The minimum absolute atomic E-state index is 0.0943. The van der Waals surface area contributed by atoms with E-state index in [1.165, 1.54) is 11.3 Å². The van der Waals surface area contributed by atoms with Crippen molar-refractivity contribution in [3.8, 4) is 0 Å². The van der Waals surface area contributed by atoms with Gasteiger partial charge in [0.25, 0.3) is 0 Å². The Balaban J connectivity index is 1.67. The maximum Gasteiger partial charge on any atom is 0.166 e. The summed E-state index contributed by atoms with van der Waals surface area (Å²) in [5.74, 6) is 0.0943. The van der Waals surface area contributed by atoms with E-state index in [-0.39, 0.29) is 5.78 Å². The molecule has 0 saturated carbocycles. The number of carbonyl (C=O) groups is 1. The fourth-order valence-corrected chi connectivity index (χ4v) is 3.50. The first-order valence-electron chi connectivity index (χ1n) is 6.96. The number of benzene rings is 2. The molecule has 2 nitrogen and oxygen atoms in total. The van der Waals surface area contributed by atoms with Crippen molar-refractivity contribution in [2.24, 2.45) is 0 Å². The van der Waals surface area contributed by atoms with Crippen molar-refractivity contribution in [3.63, 3.8) is 0 Å². The van der Waals surface area contributed by atoms with Gasteiger partial charge in [0.1, 0.15) is 0 Å². The lowest BCUT2D eigenvalue weighted by Crippen LogP contribution is -2.23. The van der Waals surface area contributed by atoms with E-state index >= 15 is 0 Å². The Labute approximate surface area is 137 Å². The molecular weight excluding hydrogens is 350 g/mol. The molecule has 0 unspecified atom stereocenters. The number of rotatable bonds is 4. The van der Waals surface area contributed by atoms with Gasteiger partial charge >= 0.3 is 0 Å². The van der Waals surface area contributed by atoms with Gasteiger partial charge in [0, 0.05) is 35.2 Å². The number of hydrogen-bond acceptors (Lipinski definition) is 2. The molecule has 0 radical (unpaired) electrons. The molecule has 0 saturated heterocycles. The van der Waals surface area contributed by atoms with Crippen LogP contribution in [-0.2, 0) is 6.42 Å². The number of anilines is 1. The van der Waals surface area contributed by atoms with E-state index in [0.717, 1.165) is 24.0 Å². The molecule has 21 heavy (non-hydrogen) atoms. The number of ketones is 1. The van der Waals surface area contributed by atoms with E-state index in [1.54, 1.807) is 12.1 Å². The van der Waals surface area contributed by atoms with Crippen LogP contribution in [0.15, 0.2) is 46.9 Å². The van der Waals surface area contributed by atoms with Gasteiger partial charge < -0.3 is 4.90 Å². The number of carbonyl (C=O) groups excluding carboxylic acids is 1. The third kappa shape index (κ3) is 3.14. The van der Waals surface area contributed by atoms with Crippen LogP contribution < -0.4 is 4.90 Å². The molecule has 1 heterocycles. The lowest BCUT2D eigenvalue weighted by Gasteiger charge is -2.18. The van der Waals surface area contributed by atoms with E-state index in [0.29, 0.717) is 17.0 Å². The van der Waals surface area contributed by atoms with E-state index in [2.05, 4.69) is 39.0 Å². The van der Waals surface area contributed by atoms with E-state index in [1.807, 2.05) is 12.1 Å². The fourth-order valence-electron chi connectivity index (χ4n) is 2.73. The summed E-state index contributed by atoms with van der Waals surface area (Å²) in [6.07, 6.45) is 1.54. The second-order valence-corrected chi connectivity index (χ2v) is 6.49. The van der Waals surface area contributed by atoms with Gasteiger partial charge in [-0.1, -0.05) is 45.7 Å². The van der Waals surface area contributed by atoms with Gasteiger partial charge in [0.15, 0.2) is 5.78 Å². The molecule has 2 aromatic carbocycles. The molecule has 108 valence electrons. The number of Topliss-reactive ketones (excluding diaryl/α,β-unsaturated/α-hetero) is 1. The summed E-state index contributed by atoms with van der Waals surface area (Å²) in [5.41, 5.74) is 3.23. The van der Waals surface area contributed by atoms with Gasteiger partial charge in [-0.25, -0.2) is 0 Å². The van der Waals surface area contributed by atoms with Crippen LogP contribution in [0.1, 0.15) is 22.3 Å². The van der Waals surface area contributed by atoms with Crippen molar-refractivity contribution < 1.29 is 4.79 Å². The van der Waals surface area contributed by atoms with Crippen LogP contribution in [0.25, 0.3) is 0 Å². The van der Waals surface area contributed by atoms with E-state index in [4.69, 9.17) is 11.6 Å². The third-order valence-corrected chi connectivity index (χ3v) is 4.63. The average molecular weight is 365 g/mol. The van der Waals surface area contributed by atoms with Gasteiger partial charge in [0.05, 0.1) is 5.02 Å². The first kappa shape index (κ1) is 14.6. The Kier molecular flexibility index (Phi) is 4.32. The van der Waals surface area contributed by atoms with Crippen molar-refractivity contribution in [1.82, 2.24) is 0 Å². The number of hydrogen-bond donors (Lipinski definition) is 0. The largest absolute Gasteiger partial charge is 0.371 e. The van der Waals surface area contributed by atoms with Gasteiger partial charge in [-0.15, -0.1) is 0 Å². The van der Waals surface area contributed by atoms with Crippen LogP contribution in [0.5, 0.6) is 0 Å². The minimum Gasteiger partial charge on any atom is -0.371 e. The molecule has 0 bridgehead atoms.